The second kappa shape index (κ2) is 4.61. The van der Waals surface area contributed by atoms with Crippen LogP contribution in [0.4, 0.5) is 0 Å². The van der Waals surface area contributed by atoms with E-state index in [2.05, 4.69) is 19.6 Å². The van der Waals surface area contributed by atoms with Gasteiger partial charge in [0.2, 0.25) is 0 Å². The van der Waals surface area contributed by atoms with Crippen molar-refractivity contribution in [1.29, 1.82) is 0 Å². The van der Waals surface area contributed by atoms with Gasteiger partial charge in [-0.25, -0.2) is 0 Å². The van der Waals surface area contributed by atoms with Gasteiger partial charge in [-0.3, -0.25) is 0 Å². The Labute approximate surface area is 105 Å². The summed E-state index contributed by atoms with van der Waals surface area (Å²) < 4.78 is 6.38. The molecule has 1 saturated heterocycles. The minimum atomic E-state index is 0.306. The van der Waals surface area contributed by atoms with Crippen molar-refractivity contribution in [2.24, 2.45) is 11.8 Å². The van der Waals surface area contributed by atoms with Gasteiger partial charge in [0.25, 0.3) is 0 Å². The lowest BCUT2D eigenvalue weighted by Crippen LogP contribution is -2.45. The van der Waals surface area contributed by atoms with Gasteiger partial charge in [0.15, 0.2) is 0 Å². The molecule has 0 aromatic carbocycles. The zero-order chi connectivity index (χ0) is 11.8. The van der Waals surface area contributed by atoms with Crippen LogP contribution in [-0.2, 0) is 4.74 Å². The highest BCUT2D eigenvalue weighted by atomic mass is 16.5. The lowest BCUT2D eigenvalue weighted by molar-refractivity contribution is -0.0871. The number of hydrogen-bond acceptors (Lipinski definition) is 1. The van der Waals surface area contributed by atoms with Gasteiger partial charge in [-0.15, -0.1) is 0 Å². The highest BCUT2D eigenvalue weighted by molar-refractivity contribution is 5.24. The largest absolute Gasteiger partial charge is 0.369 e. The van der Waals surface area contributed by atoms with Crippen molar-refractivity contribution < 1.29 is 4.74 Å². The smallest absolute Gasteiger partial charge is 0.0849 e. The molecular formula is C16H24O. The van der Waals surface area contributed by atoms with Crippen molar-refractivity contribution in [3.63, 3.8) is 0 Å². The van der Waals surface area contributed by atoms with Gasteiger partial charge in [0.1, 0.15) is 0 Å². The Kier molecular flexibility index (Phi) is 3.12. The van der Waals surface area contributed by atoms with Gasteiger partial charge in [-0.1, -0.05) is 36.6 Å². The maximum absolute atomic E-state index is 6.38. The van der Waals surface area contributed by atoms with Crippen molar-refractivity contribution in [2.75, 3.05) is 0 Å². The molecule has 2 aliphatic carbocycles. The molecule has 1 nitrogen and oxygen atoms in total. The third-order valence-corrected chi connectivity index (χ3v) is 4.83. The zero-order valence-corrected chi connectivity index (χ0v) is 11.0. The fraction of sp³-hybridized carbons (Fsp3) is 0.750. The first-order valence-corrected chi connectivity index (χ1v) is 7.28. The Morgan fingerprint density at radius 1 is 1.18 bits per heavy atom. The van der Waals surface area contributed by atoms with Crippen LogP contribution in [-0.4, -0.2) is 12.2 Å². The van der Waals surface area contributed by atoms with Crippen LogP contribution < -0.4 is 0 Å². The van der Waals surface area contributed by atoms with Crippen LogP contribution in [0.15, 0.2) is 23.8 Å². The molecule has 0 bridgehead atoms. The average Bonchev–Trinajstić information content (AvgIpc) is 2.37. The molecule has 0 radical (unpaired) electrons. The second-order valence-electron chi connectivity index (χ2n) is 6.07. The fourth-order valence-electron chi connectivity index (χ4n) is 4.06. The lowest BCUT2D eigenvalue weighted by Gasteiger charge is -2.47. The summed E-state index contributed by atoms with van der Waals surface area (Å²) in [5.41, 5.74) is 2.96. The first-order chi connectivity index (χ1) is 8.27. The topological polar surface area (TPSA) is 9.23 Å². The molecule has 1 heterocycles. The Hall–Kier alpha value is -0.560. The van der Waals surface area contributed by atoms with Crippen molar-refractivity contribution in [3.05, 3.63) is 23.8 Å². The van der Waals surface area contributed by atoms with E-state index in [9.17, 15) is 0 Å². The molecule has 0 spiro atoms. The molecule has 0 unspecified atom stereocenters. The molecule has 3 rings (SSSR count). The fourth-order valence-corrected chi connectivity index (χ4v) is 4.06. The molecule has 1 aliphatic heterocycles. The Morgan fingerprint density at radius 2 is 1.94 bits per heavy atom. The monoisotopic (exact) mass is 232 g/mol. The molecule has 0 aromatic rings. The van der Waals surface area contributed by atoms with E-state index < -0.39 is 0 Å². The van der Waals surface area contributed by atoms with E-state index in [4.69, 9.17) is 4.74 Å². The Balaban J connectivity index is 1.90. The molecule has 2 fully saturated rings. The van der Waals surface area contributed by atoms with Crippen LogP contribution in [0.1, 0.15) is 51.9 Å². The predicted molar refractivity (Wildman–Crippen MR) is 70.9 cm³/mol. The summed E-state index contributed by atoms with van der Waals surface area (Å²) in [5, 5.41) is 0. The van der Waals surface area contributed by atoms with Gasteiger partial charge < -0.3 is 4.74 Å². The van der Waals surface area contributed by atoms with Crippen molar-refractivity contribution in [1.82, 2.24) is 0 Å². The van der Waals surface area contributed by atoms with E-state index in [0.29, 0.717) is 18.1 Å². The summed E-state index contributed by atoms with van der Waals surface area (Å²) in [7, 11) is 0. The lowest BCUT2D eigenvalue weighted by atomic mass is 9.68. The summed E-state index contributed by atoms with van der Waals surface area (Å²) in [6.45, 7) is 6.29. The third-order valence-electron chi connectivity index (χ3n) is 4.83. The standard InChI is InChI=1S/C16H24O/c1-11(2)16-14-9-4-3-7-12(14)13-8-5-6-10-15(13)17-16/h7,13-16H,1,3-6,8-10H2,2H3/t13-,14+,15+,16+/m0/s1. The van der Waals surface area contributed by atoms with E-state index in [1.807, 2.05) is 0 Å². The molecule has 17 heavy (non-hydrogen) atoms. The molecule has 3 aliphatic rings. The van der Waals surface area contributed by atoms with E-state index in [1.54, 1.807) is 5.57 Å². The summed E-state index contributed by atoms with van der Waals surface area (Å²) in [6.07, 6.45) is 12.6. The molecular weight excluding hydrogens is 208 g/mol. The Bertz CT molecular complexity index is 341. The van der Waals surface area contributed by atoms with Crippen LogP contribution in [0, 0.1) is 11.8 Å². The van der Waals surface area contributed by atoms with Crippen molar-refractivity contribution >= 4 is 0 Å². The molecule has 0 aromatic heterocycles. The van der Waals surface area contributed by atoms with Gasteiger partial charge in [0.05, 0.1) is 12.2 Å². The van der Waals surface area contributed by atoms with Gasteiger partial charge in [0, 0.05) is 11.8 Å². The van der Waals surface area contributed by atoms with Gasteiger partial charge >= 0.3 is 0 Å². The van der Waals surface area contributed by atoms with E-state index in [1.165, 1.54) is 50.5 Å². The summed E-state index contributed by atoms with van der Waals surface area (Å²) in [5.74, 6) is 1.39. The average molecular weight is 232 g/mol. The number of rotatable bonds is 1. The highest BCUT2D eigenvalue weighted by Crippen LogP contribution is 2.47. The molecule has 4 atom stereocenters. The van der Waals surface area contributed by atoms with E-state index in [0.717, 1.165) is 5.92 Å². The minimum Gasteiger partial charge on any atom is -0.369 e. The van der Waals surface area contributed by atoms with E-state index >= 15 is 0 Å². The van der Waals surface area contributed by atoms with Crippen LogP contribution in [0.3, 0.4) is 0 Å². The van der Waals surface area contributed by atoms with Crippen LogP contribution in [0.2, 0.25) is 0 Å². The van der Waals surface area contributed by atoms with Crippen LogP contribution in [0.25, 0.3) is 0 Å². The van der Waals surface area contributed by atoms with Gasteiger partial charge in [-0.2, -0.15) is 0 Å². The minimum absolute atomic E-state index is 0.306. The normalized spacial score (nSPS) is 41.1. The first kappa shape index (κ1) is 11.5. The second-order valence-corrected chi connectivity index (χ2v) is 6.07. The summed E-state index contributed by atoms with van der Waals surface area (Å²) in [6, 6.07) is 0. The Morgan fingerprint density at radius 3 is 2.76 bits per heavy atom. The number of fused-ring (bicyclic) bond motifs is 3. The number of allylic oxidation sites excluding steroid dienone is 1. The maximum atomic E-state index is 6.38. The summed E-state index contributed by atoms with van der Waals surface area (Å²) >= 11 is 0. The third kappa shape index (κ3) is 1.99. The van der Waals surface area contributed by atoms with Crippen LogP contribution >= 0.6 is 0 Å². The van der Waals surface area contributed by atoms with Crippen LogP contribution in [0.5, 0.6) is 0 Å². The van der Waals surface area contributed by atoms with Crippen molar-refractivity contribution in [3.8, 4) is 0 Å². The number of hydrogen-bond donors (Lipinski definition) is 0. The molecule has 94 valence electrons. The van der Waals surface area contributed by atoms with E-state index in [-0.39, 0.29) is 0 Å². The number of ether oxygens (including phenoxy) is 1. The maximum Gasteiger partial charge on any atom is 0.0849 e. The molecule has 0 amide bonds. The predicted octanol–water partition coefficient (Wildman–Crippen LogP) is 4.25. The SMILES string of the molecule is C=C(C)[C@H]1O[C@@H]2CCCC[C@H]2C2=CCCC[C@H]21. The molecule has 1 saturated carbocycles. The first-order valence-electron chi connectivity index (χ1n) is 7.28. The quantitative estimate of drug-likeness (QED) is 0.614. The highest BCUT2D eigenvalue weighted by Gasteiger charge is 2.42. The molecule has 0 N–H and O–H groups in total. The summed E-state index contributed by atoms with van der Waals surface area (Å²) in [4.78, 5) is 0. The zero-order valence-electron chi connectivity index (χ0n) is 11.0. The van der Waals surface area contributed by atoms with Crippen molar-refractivity contribution in [2.45, 2.75) is 64.1 Å². The van der Waals surface area contributed by atoms with Gasteiger partial charge in [-0.05, 0) is 39.0 Å². The molecule has 1 heteroatoms.